The van der Waals surface area contributed by atoms with Crippen LogP contribution in [0.1, 0.15) is 62.6 Å². The predicted octanol–water partition coefficient (Wildman–Crippen LogP) is 2.88. The third-order valence-corrected chi connectivity index (χ3v) is 7.48. The second kappa shape index (κ2) is 8.64. The van der Waals surface area contributed by atoms with E-state index in [1.165, 1.54) is 0 Å². The van der Waals surface area contributed by atoms with E-state index in [0.717, 1.165) is 54.2 Å². The summed E-state index contributed by atoms with van der Waals surface area (Å²) in [5.41, 5.74) is 7.92. The number of ether oxygens (including phenoxy) is 2. The Labute approximate surface area is 198 Å². The average Bonchev–Trinajstić information content (AvgIpc) is 2.81. The molecule has 1 aromatic heterocycles. The lowest BCUT2D eigenvalue weighted by Gasteiger charge is -2.33. The van der Waals surface area contributed by atoms with Crippen molar-refractivity contribution in [2.24, 2.45) is 11.7 Å². The molecule has 0 unspecified atom stereocenters. The first kappa shape index (κ1) is 22.7. The fraction of sp³-hybridized carbons (Fsp3) is 0.577. The molecular formula is C26H32N2O6. The van der Waals surface area contributed by atoms with Gasteiger partial charge in [-0.3, -0.25) is 9.59 Å². The highest BCUT2D eigenvalue weighted by Crippen LogP contribution is 2.44. The Morgan fingerprint density at radius 1 is 1.12 bits per heavy atom. The lowest BCUT2D eigenvalue weighted by molar-refractivity contribution is -0.136. The molecule has 5 rings (SSSR count). The van der Waals surface area contributed by atoms with Gasteiger partial charge in [0.2, 0.25) is 5.91 Å². The number of nitrogens with zero attached hydrogens (tertiary/aromatic N) is 1. The second-order valence-electron chi connectivity index (χ2n) is 10.3. The molecule has 8 heteroatoms. The Morgan fingerprint density at radius 2 is 1.82 bits per heavy atom. The summed E-state index contributed by atoms with van der Waals surface area (Å²) < 4.78 is 18.2. The van der Waals surface area contributed by atoms with E-state index in [1.807, 2.05) is 19.9 Å². The number of fused-ring (bicyclic) bond motifs is 5. The number of nitrogens with two attached hydrogens (primary N) is 1. The number of amides is 2. The molecule has 3 heterocycles. The molecule has 1 aromatic carbocycles. The van der Waals surface area contributed by atoms with Gasteiger partial charge in [-0.1, -0.05) is 0 Å². The zero-order valence-corrected chi connectivity index (χ0v) is 19.9. The van der Waals surface area contributed by atoms with E-state index in [2.05, 4.69) is 0 Å². The minimum Gasteiger partial charge on any atom is -0.487 e. The van der Waals surface area contributed by atoms with Crippen LogP contribution in [0.15, 0.2) is 15.3 Å². The monoisotopic (exact) mass is 468 g/mol. The zero-order chi connectivity index (χ0) is 24.0. The van der Waals surface area contributed by atoms with Gasteiger partial charge in [-0.25, -0.2) is 4.79 Å². The molecular weight excluding hydrogens is 436 g/mol. The number of likely N-dealkylation sites (tertiary alicyclic amines) is 1. The number of primary amides is 1. The molecule has 182 valence electrons. The smallest absolute Gasteiger partial charge is 0.339 e. The van der Waals surface area contributed by atoms with E-state index in [1.54, 1.807) is 4.90 Å². The Balaban J connectivity index is 1.48. The van der Waals surface area contributed by atoms with Crippen molar-refractivity contribution < 1.29 is 23.5 Å². The first-order valence-corrected chi connectivity index (χ1v) is 12.3. The highest BCUT2D eigenvalue weighted by Gasteiger charge is 2.32. The molecule has 3 aliphatic rings. The van der Waals surface area contributed by atoms with Crippen LogP contribution in [0.2, 0.25) is 0 Å². The maximum atomic E-state index is 12.9. The molecule has 1 fully saturated rings. The minimum absolute atomic E-state index is 0.133. The van der Waals surface area contributed by atoms with E-state index >= 15 is 0 Å². The van der Waals surface area contributed by atoms with Crippen LogP contribution in [0.3, 0.4) is 0 Å². The van der Waals surface area contributed by atoms with Gasteiger partial charge >= 0.3 is 5.63 Å². The predicted molar refractivity (Wildman–Crippen MR) is 126 cm³/mol. The Hall–Kier alpha value is -3.03. The maximum absolute atomic E-state index is 12.9. The van der Waals surface area contributed by atoms with Crippen molar-refractivity contribution in [3.8, 4) is 11.5 Å². The number of carbonyl (C=O) groups is 2. The summed E-state index contributed by atoms with van der Waals surface area (Å²) in [5.74, 6) is 0.546. The number of carbonyl (C=O) groups excluding carboxylic acids is 2. The fourth-order valence-corrected chi connectivity index (χ4v) is 5.47. The number of aryl methyl sites for hydroxylation is 2. The Bertz CT molecular complexity index is 1210. The van der Waals surface area contributed by atoms with Crippen LogP contribution in [0.5, 0.6) is 11.5 Å². The molecule has 0 radical (unpaired) electrons. The van der Waals surface area contributed by atoms with E-state index in [9.17, 15) is 14.4 Å². The highest BCUT2D eigenvalue weighted by atomic mass is 16.5. The summed E-state index contributed by atoms with van der Waals surface area (Å²) in [6, 6.07) is 1.86. The molecule has 0 atom stereocenters. The van der Waals surface area contributed by atoms with Gasteiger partial charge in [0.15, 0.2) is 6.61 Å². The van der Waals surface area contributed by atoms with Gasteiger partial charge in [0.1, 0.15) is 22.7 Å². The lowest BCUT2D eigenvalue weighted by Crippen LogP contribution is -2.43. The Kier molecular flexibility index (Phi) is 5.78. The van der Waals surface area contributed by atoms with Gasteiger partial charge < -0.3 is 24.5 Å². The third-order valence-electron chi connectivity index (χ3n) is 7.48. The van der Waals surface area contributed by atoms with Gasteiger partial charge in [-0.05, 0) is 70.8 Å². The maximum Gasteiger partial charge on any atom is 0.339 e. The van der Waals surface area contributed by atoms with Crippen LogP contribution in [-0.2, 0) is 28.9 Å². The summed E-state index contributed by atoms with van der Waals surface area (Å²) >= 11 is 0. The third kappa shape index (κ3) is 4.14. The van der Waals surface area contributed by atoms with E-state index in [0.29, 0.717) is 49.4 Å². The largest absolute Gasteiger partial charge is 0.487 e. The van der Waals surface area contributed by atoms with Gasteiger partial charge in [-0.2, -0.15) is 0 Å². The van der Waals surface area contributed by atoms with Crippen molar-refractivity contribution >= 4 is 22.8 Å². The van der Waals surface area contributed by atoms with Crippen molar-refractivity contribution in [2.45, 2.75) is 70.8 Å². The van der Waals surface area contributed by atoms with Gasteiger partial charge in [0.25, 0.3) is 5.91 Å². The quantitative estimate of drug-likeness (QED) is 0.691. The topological polar surface area (TPSA) is 112 Å². The second-order valence-corrected chi connectivity index (χ2v) is 10.3. The molecule has 2 aliphatic heterocycles. The van der Waals surface area contributed by atoms with Crippen molar-refractivity contribution in [1.82, 2.24) is 4.90 Å². The molecule has 0 bridgehead atoms. The summed E-state index contributed by atoms with van der Waals surface area (Å²) in [6.07, 6.45) is 6.15. The average molecular weight is 469 g/mol. The van der Waals surface area contributed by atoms with E-state index in [-0.39, 0.29) is 35.6 Å². The molecule has 0 spiro atoms. The zero-order valence-electron chi connectivity index (χ0n) is 19.9. The highest BCUT2D eigenvalue weighted by molar-refractivity contribution is 5.93. The number of benzene rings is 1. The lowest BCUT2D eigenvalue weighted by atomic mass is 9.87. The van der Waals surface area contributed by atoms with E-state index < -0.39 is 0 Å². The number of rotatable bonds is 4. The van der Waals surface area contributed by atoms with Crippen LogP contribution < -0.4 is 20.8 Å². The fourth-order valence-electron chi connectivity index (χ4n) is 5.47. The van der Waals surface area contributed by atoms with Crippen LogP contribution >= 0.6 is 0 Å². The number of hydrogen-bond donors (Lipinski definition) is 1. The van der Waals surface area contributed by atoms with Gasteiger partial charge in [-0.15, -0.1) is 0 Å². The molecule has 2 aromatic rings. The summed E-state index contributed by atoms with van der Waals surface area (Å²) in [6.45, 7) is 4.91. The standard InChI is InChI=1S/C26H32N2O6/c1-26(2)10-7-18-19(34-26)13-20(22-16-5-3-4-6-17(16)25(31)33-23(18)22)32-14-21(29)28-11-8-15(9-12-28)24(27)30/h13,15H,3-12,14H2,1-2H3,(H2,27,30). The molecule has 8 nitrogen and oxygen atoms in total. The van der Waals surface area contributed by atoms with Crippen molar-refractivity contribution in [3.05, 3.63) is 33.2 Å². The van der Waals surface area contributed by atoms with Crippen molar-refractivity contribution in [3.63, 3.8) is 0 Å². The minimum atomic E-state index is -0.340. The molecule has 1 aliphatic carbocycles. The first-order valence-electron chi connectivity index (χ1n) is 12.3. The van der Waals surface area contributed by atoms with Gasteiger partial charge in [0, 0.05) is 36.2 Å². The van der Waals surface area contributed by atoms with Crippen LogP contribution in [-0.4, -0.2) is 42.0 Å². The molecule has 34 heavy (non-hydrogen) atoms. The molecule has 1 saturated heterocycles. The van der Waals surface area contributed by atoms with Crippen molar-refractivity contribution in [2.75, 3.05) is 19.7 Å². The van der Waals surface area contributed by atoms with Crippen molar-refractivity contribution in [1.29, 1.82) is 0 Å². The SMILES string of the molecule is CC1(C)CCc2c(cc(OCC(=O)N3CCC(C(N)=O)CC3)c3c4c(c(=O)oc23)CCCC4)O1. The van der Waals surface area contributed by atoms with Crippen LogP contribution in [0.25, 0.3) is 11.0 Å². The summed E-state index contributed by atoms with van der Waals surface area (Å²) in [7, 11) is 0. The molecule has 2 N–H and O–H groups in total. The van der Waals surface area contributed by atoms with E-state index in [4.69, 9.17) is 19.6 Å². The summed E-state index contributed by atoms with van der Waals surface area (Å²) in [4.78, 5) is 38.8. The molecule has 2 amide bonds. The number of piperidine rings is 1. The Morgan fingerprint density at radius 3 is 2.53 bits per heavy atom. The summed E-state index contributed by atoms with van der Waals surface area (Å²) in [5, 5.41) is 0.802. The first-order chi connectivity index (χ1) is 16.2. The van der Waals surface area contributed by atoms with Gasteiger partial charge in [0.05, 0.1) is 5.39 Å². The normalized spacial score (nSPS) is 19.8. The number of hydrogen-bond acceptors (Lipinski definition) is 6. The van der Waals surface area contributed by atoms with Crippen LogP contribution in [0, 0.1) is 5.92 Å². The molecule has 0 saturated carbocycles. The van der Waals surface area contributed by atoms with Crippen LogP contribution in [0.4, 0.5) is 0 Å².